The average molecular weight is 411 g/mol. The molecule has 1 atom stereocenters. The van der Waals surface area contributed by atoms with Gasteiger partial charge in [-0.05, 0) is 57.5 Å². The summed E-state index contributed by atoms with van der Waals surface area (Å²) >= 11 is 0. The van der Waals surface area contributed by atoms with Crippen LogP contribution in [-0.2, 0) is 17.7 Å². The molecule has 2 aliphatic rings. The molecule has 1 aromatic carbocycles. The molecule has 160 valence electrons. The van der Waals surface area contributed by atoms with Gasteiger partial charge in [-0.1, -0.05) is 0 Å². The second-order valence-electron chi connectivity index (χ2n) is 7.92. The lowest BCUT2D eigenvalue weighted by molar-refractivity contribution is 0.0984. The standard InChI is InChI=1S/C22H30N6O2/c1-4-27(22(23)29)19-6-5-16(11-14(19)2)20-25-18-12-24-8-7-17(18)21(26-20)28-9-10-30-13-15(28)3/h5-6,11,15,24H,4,7-10,12-13H2,1-3H3,(H2,23,29)/t15-/m0/s1. The van der Waals surface area contributed by atoms with E-state index in [1.807, 2.05) is 32.0 Å². The van der Waals surface area contributed by atoms with E-state index in [-0.39, 0.29) is 6.04 Å². The van der Waals surface area contributed by atoms with E-state index < -0.39 is 6.03 Å². The Morgan fingerprint density at radius 3 is 2.93 bits per heavy atom. The van der Waals surface area contributed by atoms with Crippen LogP contribution in [0.4, 0.5) is 16.3 Å². The Morgan fingerprint density at radius 1 is 1.40 bits per heavy atom. The van der Waals surface area contributed by atoms with Crippen LogP contribution in [0, 0.1) is 6.92 Å². The van der Waals surface area contributed by atoms with Gasteiger partial charge in [0.1, 0.15) is 5.82 Å². The van der Waals surface area contributed by atoms with Crippen molar-refractivity contribution in [2.24, 2.45) is 5.73 Å². The van der Waals surface area contributed by atoms with Crippen molar-refractivity contribution in [2.75, 3.05) is 42.6 Å². The van der Waals surface area contributed by atoms with E-state index >= 15 is 0 Å². The molecule has 0 unspecified atom stereocenters. The summed E-state index contributed by atoms with van der Waals surface area (Å²) < 4.78 is 5.63. The van der Waals surface area contributed by atoms with Gasteiger partial charge in [-0.25, -0.2) is 14.8 Å². The number of aryl methyl sites for hydroxylation is 1. The van der Waals surface area contributed by atoms with Gasteiger partial charge >= 0.3 is 6.03 Å². The number of nitrogens with one attached hydrogen (secondary N) is 1. The first-order valence-electron chi connectivity index (χ1n) is 10.6. The van der Waals surface area contributed by atoms with Crippen LogP contribution in [0.1, 0.15) is 30.7 Å². The molecule has 0 saturated carbocycles. The molecule has 1 fully saturated rings. The third kappa shape index (κ3) is 3.85. The van der Waals surface area contributed by atoms with Crippen LogP contribution in [-0.4, -0.2) is 54.9 Å². The second-order valence-corrected chi connectivity index (χ2v) is 7.92. The number of hydrogen-bond donors (Lipinski definition) is 2. The molecule has 3 heterocycles. The molecule has 1 aromatic heterocycles. The second kappa shape index (κ2) is 8.57. The van der Waals surface area contributed by atoms with E-state index in [1.54, 1.807) is 4.90 Å². The molecule has 1 saturated heterocycles. The van der Waals surface area contributed by atoms with E-state index in [9.17, 15) is 4.79 Å². The highest BCUT2D eigenvalue weighted by molar-refractivity contribution is 5.91. The normalized spacial score (nSPS) is 18.8. The zero-order valence-corrected chi connectivity index (χ0v) is 17.9. The first-order valence-corrected chi connectivity index (χ1v) is 10.6. The van der Waals surface area contributed by atoms with Gasteiger partial charge in [-0.3, -0.25) is 4.90 Å². The molecule has 3 N–H and O–H groups in total. The number of fused-ring (bicyclic) bond motifs is 1. The minimum atomic E-state index is -0.451. The maximum absolute atomic E-state index is 11.7. The van der Waals surface area contributed by atoms with Crippen LogP contribution in [0.25, 0.3) is 11.4 Å². The van der Waals surface area contributed by atoms with E-state index in [4.69, 9.17) is 20.4 Å². The highest BCUT2D eigenvalue weighted by Gasteiger charge is 2.27. The number of carbonyl (C=O) groups excluding carboxylic acids is 1. The Bertz CT molecular complexity index is 947. The van der Waals surface area contributed by atoms with Crippen molar-refractivity contribution < 1.29 is 9.53 Å². The van der Waals surface area contributed by atoms with Gasteiger partial charge in [0.25, 0.3) is 0 Å². The van der Waals surface area contributed by atoms with Gasteiger partial charge in [0.05, 0.1) is 24.9 Å². The van der Waals surface area contributed by atoms with E-state index in [2.05, 4.69) is 17.1 Å². The molecule has 2 aliphatic heterocycles. The highest BCUT2D eigenvalue weighted by Crippen LogP contribution is 2.31. The van der Waals surface area contributed by atoms with Crippen molar-refractivity contribution in [3.8, 4) is 11.4 Å². The molecule has 0 bridgehead atoms. The summed E-state index contributed by atoms with van der Waals surface area (Å²) in [6.07, 6.45) is 0.928. The fraction of sp³-hybridized carbons (Fsp3) is 0.500. The number of amides is 2. The Hall–Kier alpha value is -2.71. The summed E-state index contributed by atoms with van der Waals surface area (Å²) in [7, 11) is 0. The Kier molecular flexibility index (Phi) is 5.87. The summed E-state index contributed by atoms with van der Waals surface area (Å²) in [5, 5.41) is 3.42. The van der Waals surface area contributed by atoms with E-state index in [0.717, 1.165) is 54.4 Å². The minimum absolute atomic E-state index is 0.276. The lowest BCUT2D eigenvalue weighted by atomic mass is 10.0. The molecule has 2 amide bonds. The lowest BCUT2D eigenvalue weighted by Gasteiger charge is -2.36. The quantitative estimate of drug-likeness (QED) is 0.802. The van der Waals surface area contributed by atoms with Crippen molar-refractivity contribution in [1.82, 2.24) is 15.3 Å². The van der Waals surface area contributed by atoms with Gasteiger partial charge in [0.2, 0.25) is 0 Å². The van der Waals surface area contributed by atoms with Crippen LogP contribution in [0.2, 0.25) is 0 Å². The molecule has 8 heteroatoms. The average Bonchev–Trinajstić information content (AvgIpc) is 2.75. The maximum Gasteiger partial charge on any atom is 0.319 e. The van der Waals surface area contributed by atoms with Crippen molar-refractivity contribution in [2.45, 2.75) is 39.8 Å². The SMILES string of the molecule is CCN(C(N)=O)c1ccc(-c2nc3c(c(N4CCOC[C@@H]4C)n2)CCNC3)cc1C. The molecule has 4 rings (SSSR count). The predicted molar refractivity (Wildman–Crippen MR) is 118 cm³/mol. The number of aromatic nitrogens is 2. The molecule has 0 spiro atoms. The molecule has 0 aliphatic carbocycles. The Morgan fingerprint density at radius 2 is 2.23 bits per heavy atom. The molecule has 2 aromatic rings. The first kappa shape index (κ1) is 20.6. The fourth-order valence-corrected chi connectivity index (χ4v) is 4.29. The number of nitrogens with two attached hydrogens (primary N) is 1. The number of nitrogens with zero attached hydrogens (tertiary/aromatic N) is 4. The monoisotopic (exact) mass is 410 g/mol. The van der Waals surface area contributed by atoms with Gasteiger partial charge in [-0.15, -0.1) is 0 Å². The van der Waals surface area contributed by atoms with Crippen molar-refractivity contribution >= 4 is 17.5 Å². The molecular formula is C22H30N6O2. The van der Waals surface area contributed by atoms with Crippen molar-refractivity contribution in [1.29, 1.82) is 0 Å². The number of rotatable bonds is 4. The molecule has 30 heavy (non-hydrogen) atoms. The van der Waals surface area contributed by atoms with Gasteiger partial charge in [0, 0.05) is 36.4 Å². The number of urea groups is 1. The number of primary amides is 1. The van der Waals surface area contributed by atoms with E-state index in [0.29, 0.717) is 25.6 Å². The topological polar surface area (TPSA) is 96.6 Å². The van der Waals surface area contributed by atoms with Gasteiger partial charge in [0.15, 0.2) is 5.82 Å². The Balaban J connectivity index is 1.77. The van der Waals surface area contributed by atoms with Crippen molar-refractivity contribution in [3.05, 3.63) is 35.0 Å². The summed E-state index contributed by atoms with van der Waals surface area (Å²) in [6.45, 7) is 10.5. The van der Waals surface area contributed by atoms with Crippen LogP contribution < -0.4 is 20.9 Å². The molecule has 0 radical (unpaired) electrons. The minimum Gasteiger partial charge on any atom is -0.377 e. The number of morpholine rings is 1. The van der Waals surface area contributed by atoms with Crippen LogP contribution in [0.3, 0.4) is 0 Å². The maximum atomic E-state index is 11.7. The number of benzene rings is 1. The highest BCUT2D eigenvalue weighted by atomic mass is 16.5. The van der Waals surface area contributed by atoms with Crippen molar-refractivity contribution in [3.63, 3.8) is 0 Å². The number of hydrogen-bond acceptors (Lipinski definition) is 6. The summed E-state index contributed by atoms with van der Waals surface area (Å²) in [6, 6.07) is 5.76. The fourth-order valence-electron chi connectivity index (χ4n) is 4.29. The number of ether oxygens (including phenoxy) is 1. The van der Waals surface area contributed by atoms with Gasteiger partial charge in [-0.2, -0.15) is 0 Å². The summed E-state index contributed by atoms with van der Waals surface area (Å²) in [4.78, 5) is 25.6. The summed E-state index contributed by atoms with van der Waals surface area (Å²) in [5.74, 6) is 1.74. The number of anilines is 2. The third-order valence-electron chi connectivity index (χ3n) is 5.88. The van der Waals surface area contributed by atoms with E-state index in [1.165, 1.54) is 5.56 Å². The third-order valence-corrected chi connectivity index (χ3v) is 5.88. The zero-order chi connectivity index (χ0) is 21.3. The zero-order valence-electron chi connectivity index (χ0n) is 17.9. The molecular weight excluding hydrogens is 380 g/mol. The summed E-state index contributed by atoms with van der Waals surface area (Å²) in [5.41, 5.74) is 10.6. The first-order chi connectivity index (χ1) is 14.5. The van der Waals surface area contributed by atoms with Crippen LogP contribution >= 0.6 is 0 Å². The smallest absolute Gasteiger partial charge is 0.319 e. The van der Waals surface area contributed by atoms with Crippen LogP contribution in [0.15, 0.2) is 18.2 Å². The molecule has 8 nitrogen and oxygen atoms in total. The Labute approximate surface area is 177 Å². The number of carbonyl (C=O) groups is 1. The largest absolute Gasteiger partial charge is 0.377 e. The predicted octanol–water partition coefficient (Wildman–Crippen LogP) is 2.23. The van der Waals surface area contributed by atoms with Crippen LogP contribution in [0.5, 0.6) is 0 Å². The van der Waals surface area contributed by atoms with Gasteiger partial charge < -0.3 is 20.7 Å². The lowest BCUT2D eigenvalue weighted by Crippen LogP contribution is -2.45.